The van der Waals surface area contributed by atoms with Gasteiger partial charge >= 0.3 is 6.09 Å². The summed E-state index contributed by atoms with van der Waals surface area (Å²) in [6.07, 6.45) is 2.66. The second-order valence-corrected chi connectivity index (χ2v) is 8.63. The Kier molecular flexibility index (Phi) is 10.6. The fourth-order valence-electron chi connectivity index (χ4n) is 4.16. The number of hydrogen-bond acceptors (Lipinski definition) is 5. The second kappa shape index (κ2) is 14.1. The van der Waals surface area contributed by atoms with Crippen molar-refractivity contribution in [2.24, 2.45) is 0 Å². The van der Waals surface area contributed by atoms with Crippen LogP contribution in [0.25, 0.3) is 0 Å². The highest BCUT2D eigenvalue weighted by Gasteiger charge is 2.37. The molecule has 8 heteroatoms. The standard InChI is InChI=1S/C27H35N3O5/c1-34-18-9-8-16-28-25(31)24-15-10-17-30(24)26(32)23(19-21-11-4-2-5-12-21)29-27(33)35-20-22-13-6-3-7-14-22/h2-7,11-14,23-24H,8-10,15-20H2,1H3,(H,28,31)(H,29,33)/t23?,24-/m0/s1. The van der Waals surface area contributed by atoms with E-state index in [0.717, 1.165) is 30.4 Å². The molecular weight excluding hydrogens is 446 g/mol. The topological polar surface area (TPSA) is 97.0 Å². The molecule has 8 nitrogen and oxygen atoms in total. The molecule has 188 valence electrons. The predicted octanol–water partition coefficient (Wildman–Crippen LogP) is 3.06. The van der Waals surface area contributed by atoms with Gasteiger partial charge in [0.15, 0.2) is 0 Å². The first kappa shape index (κ1) is 26.2. The number of amides is 3. The Morgan fingerprint density at radius 3 is 2.37 bits per heavy atom. The van der Waals surface area contributed by atoms with Gasteiger partial charge in [-0.05, 0) is 36.8 Å². The Morgan fingerprint density at radius 1 is 1.00 bits per heavy atom. The maximum atomic E-state index is 13.5. The van der Waals surface area contributed by atoms with E-state index in [1.165, 1.54) is 0 Å². The van der Waals surface area contributed by atoms with Gasteiger partial charge in [-0.1, -0.05) is 60.7 Å². The summed E-state index contributed by atoms with van der Waals surface area (Å²) >= 11 is 0. The maximum Gasteiger partial charge on any atom is 0.408 e. The van der Waals surface area contributed by atoms with Crippen molar-refractivity contribution in [3.63, 3.8) is 0 Å². The molecule has 2 aromatic rings. The molecule has 1 saturated heterocycles. The predicted molar refractivity (Wildman–Crippen MR) is 133 cm³/mol. The molecule has 35 heavy (non-hydrogen) atoms. The molecule has 0 bridgehead atoms. The second-order valence-electron chi connectivity index (χ2n) is 8.63. The molecule has 3 rings (SSSR count). The number of unbranched alkanes of at least 4 members (excludes halogenated alkanes) is 1. The summed E-state index contributed by atoms with van der Waals surface area (Å²) in [5, 5.41) is 5.68. The van der Waals surface area contributed by atoms with Crippen LogP contribution in [0.4, 0.5) is 4.79 Å². The van der Waals surface area contributed by atoms with Crippen LogP contribution >= 0.6 is 0 Å². The Bertz CT molecular complexity index is 938. The van der Waals surface area contributed by atoms with E-state index in [4.69, 9.17) is 9.47 Å². The van der Waals surface area contributed by atoms with Gasteiger partial charge in [-0.3, -0.25) is 9.59 Å². The SMILES string of the molecule is COCCCCNC(=O)[C@@H]1CCCN1C(=O)C(Cc1ccccc1)NC(=O)OCc1ccccc1. The van der Waals surface area contributed by atoms with E-state index in [-0.39, 0.29) is 18.4 Å². The molecule has 2 atom stereocenters. The molecule has 0 radical (unpaired) electrons. The molecule has 1 heterocycles. The summed E-state index contributed by atoms with van der Waals surface area (Å²) in [5.41, 5.74) is 1.77. The number of benzene rings is 2. The van der Waals surface area contributed by atoms with Gasteiger partial charge in [0.1, 0.15) is 18.7 Å². The van der Waals surface area contributed by atoms with Crippen molar-refractivity contribution in [1.29, 1.82) is 0 Å². The van der Waals surface area contributed by atoms with Gasteiger partial charge in [0, 0.05) is 33.2 Å². The number of hydrogen-bond donors (Lipinski definition) is 2. The van der Waals surface area contributed by atoms with E-state index < -0.39 is 18.2 Å². The van der Waals surface area contributed by atoms with Crippen molar-refractivity contribution < 1.29 is 23.9 Å². The highest BCUT2D eigenvalue weighted by molar-refractivity contribution is 5.92. The zero-order valence-corrected chi connectivity index (χ0v) is 20.3. The quantitative estimate of drug-likeness (QED) is 0.454. The summed E-state index contributed by atoms with van der Waals surface area (Å²) in [4.78, 5) is 40.5. The van der Waals surface area contributed by atoms with Crippen LogP contribution in [0.5, 0.6) is 0 Å². The minimum absolute atomic E-state index is 0.108. The zero-order chi connectivity index (χ0) is 24.9. The van der Waals surface area contributed by atoms with Crippen LogP contribution in [-0.2, 0) is 32.1 Å². The van der Waals surface area contributed by atoms with Crippen LogP contribution in [0.15, 0.2) is 60.7 Å². The lowest BCUT2D eigenvalue weighted by atomic mass is 10.0. The average Bonchev–Trinajstić information content (AvgIpc) is 3.38. The smallest absolute Gasteiger partial charge is 0.408 e. The van der Waals surface area contributed by atoms with E-state index in [0.29, 0.717) is 32.5 Å². The monoisotopic (exact) mass is 481 g/mol. The van der Waals surface area contributed by atoms with Crippen LogP contribution in [0.3, 0.4) is 0 Å². The lowest BCUT2D eigenvalue weighted by Crippen LogP contribution is -2.54. The Balaban J connectivity index is 1.63. The summed E-state index contributed by atoms with van der Waals surface area (Å²) in [7, 11) is 1.65. The number of ether oxygens (including phenoxy) is 2. The molecule has 3 amide bonds. The number of carbonyl (C=O) groups is 3. The highest BCUT2D eigenvalue weighted by atomic mass is 16.5. The average molecular weight is 482 g/mol. The van der Waals surface area contributed by atoms with E-state index in [1.807, 2.05) is 60.7 Å². The van der Waals surface area contributed by atoms with Crippen molar-refractivity contribution in [3.05, 3.63) is 71.8 Å². The molecular formula is C27H35N3O5. The molecule has 2 aromatic carbocycles. The number of carbonyl (C=O) groups excluding carboxylic acids is 3. The van der Waals surface area contributed by atoms with Crippen molar-refractivity contribution in [1.82, 2.24) is 15.5 Å². The van der Waals surface area contributed by atoms with Gasteiger partial charge in [0.25, 0.3) is 0 Å². The largest absolute Gasteiger partial charge is 0.445 e. The fraction of sp³-hybridized carbons (Fsp3) is 0.444. The molecule has 0 spiro atoms. The maximum absolute atomic E-state index is 13.5. The first-order valence-electron chi connectivity index (χ1n) is 12.2. The summed E-state index contributed by atoms with van der Waals surface area (Å²) < 4.78 is 10.4. The first-order chi connectivity index (χ1) is 17.1. The van der Waals surface area contributed by atoms with Gasteiger partial charge in [-0.25, -0.2) is 4.79 Å². The Labute approximate surface area is 207 Å². The van der Waals surface area contributed by atoms with Crippen LogP contribution < -0.4 is 10.6 Å². The molecule has 1 aliphatic heterocycles. The molecule has 0 aromatic heterocycles. The van der Waals surface area contributed by atoms with Crippen molar-refractivity contribution in [2.45, 2.75) is 50.8 Å². The third-order valence-corrected chi connectivity index (χ3v) is 6.00. The third-order valence-electron chi connectivity index (χ3n) is 6.00. The Morgan fingerprint density at radius 2 is 1.69 bits per heavy atom. The highest BCUT2D eigenvalue weighted by Crippen LogP contribution is 2.20. The molecule has 0 saturated carbocycles. The summed E-state index contributed by atoms with van der Waals surface area (Å²) in [6, 6.07) is 17.5. The zero-order valence-electron chi connectivity index (χ0n) is 20.3. The molecule has 0 aliphatic carbocycles. The number of nitrogens with one attached hydrogen (secondary N) is 2. The van der Waals surface area contributed by atoms with Gasteiger partial charge < -0.3 is 25.0 Å². The van der Waals surface area contributed by atoms with Gasteiger partial charge in [0.05, 0.1) is 0 Å². The van der Waals surface area contributed by atoms with Crippen LogP contribution in [0, 0.1) is 0 Å². The number of methoxy groups -OCH3 is 1. The van der Waals surface area contributed by atoms with E-state index in [1.54, 1.807) is 12.0 Å². The molecule has 1 unspecified atom stereocenters. The first-order valence-corrected chi connectivity index (χ1v) is 12.2. The number of nitrogens with zero attached hydrogens (tertiary/aromatic N) is 1. The lowest BCUT2D eigenvalue weighted by molar-refractivity contribution is -0.139. The number of alkyl carbamates (subject to hydrolysis) is 1. The van der Waals surface area contributed by atoms with Gasteiger partial charge in [-0.15, -0.1) is 0 Å². The van der Waals surface area contributed by atoms with Gasteiger partial charge in [-0.2, -0.15) is 0 Å². The minimum atomic E-state index is -0.837. The number of likely N-dealkylation sites (tertiary alicyclic amines) is 1. The van der Waals surface area contributed by atoms with Crippen molar-refractivity contribution >= 4 is 17.9 Å². The van der Waals surface area contributed by atoms with Crippen LogP contribution in [0.1, 0.15) is 36.8 Å². The van der Waals surface area contributed by atoms with Crippen molar-refractivity contribution in [2.75, 3.05) is 26.8 Å². The van der Waals surface area contributed by atoms with Crippen molar-refractivity contribution in [3.8, 4) is 0 Å². The minimum Gasteiger partial charge on any atom is -0.445 e. The van der Waals surface area contributed by atoms with Crippen LogP contribution in [0.2, 0.25) is 0 Å². The Hall–Kier alpha value is -3.39. The van der Waals surface area contributed by atoms with Crippen LogP contribution in [-0.4, -0.2) is 61.7 Å². The summed E-state index contributed by atoms with van der Waals surface area (Å²) in [6.45, 7) is 1.78. The molecule has 1 fully saturated rings. The normalized spacial score (nSPS) is 15.9. The van der Waals surface area contributed by atoms with E-state index in [2.05, 4.69) is 10.6 Å². The van der Waals surface area contributed by atoms with E-state index in [9.17, 15) is 14.4 Å². The van der Waals surface area contributed by atoms with Gasteiger partial charge in [0.2, 0.25) is 11.8 Å². The summed E-state index contributed by atoms with van der Waals surface area (Å²) in [5.74, 6) is -0.430. The molecule has 2 N–H and O–H groups in total. The third kappa shape index (κ3) is 8.40. The fourth-order valence-corrected chi connectivity index (χ4v) is 4.16. The number of rotatable bonds is 12. The van der Waals surface area contributed by atoms with E-state index >= 15 is 0 Å². The lowest BCUT2D eigenvalue weighted by Gasteiger charge is -2.28. The molecule has 1 aliphatic rings.